The Morgan fingerprint density at radius 1 is 1.30 bits per heavy atom. The largest absolute Gasteiger partial charge is 0.294 e. The average molecular weight is 305 g/mol. The van der Waals surface area contributed by atoms with Gasteiger partial charge in [0.15, 0.2) is 5.82 Å². The molecule has 1 N–H and O–H groups in total. The summed E-state index contributed by atoms with van der Waals surface area (Å²) in [5, 5.41) is 19.8. The van der Waals surface area contributed by atoms with Crippen LogP contribution >= 0.6 is 23.1 Å². The van der Waals surface area contributed by atoms with Crippen LogP contribution in [0.2, 0.25) is 0 Å². The van der Waals surface area contributed by atoms with Crippen molar-refractivity contribution in [2.75, 3.05) is 0 Å². The van der Waals surface area contributed by atoms with Crippen LogP contribution in [0.15, 0.2) is 45.3 Å². The molecule has 0 aromatic carbocycles. The van der Waals surface area contributed by atoms with Crippen LogP contribution in [0.5, 0.6) is 0 Å². The zero-order valence-corrected chi connectivity index (χ0v) is 11.5. The molecule has 7 nitrogen and oxygen atoms in total. The van der Waals surface area contributed by atoms with Crippen molar-refractivity contribution >= 4 is 28.8 Å². The monoisotopic (exact) mass is 305 g/mol. The Hall–Kier alpha value is -2.26. The number of aromatic amines is 1. The number of nitrogens with one attached hydrogen (secondary N) is 1. The van der Waals surface area contributed by atoms with Crippen molar-refractivity contribution in [2.45, 2.75) is 9.37 Å². The number of hydrogen-bond donors (Lipinski definition) is 1. The number of rotatable bonds is 4. The van der Waals surface area contributed by atoms with Crippen LogP contribution in [0, 0.1) is 10.1 Å². The number of thiophene rings is 1. The minimum absolute atomic E-state index is 0.0789. The molecular weight excluding hydrogens is 298 g/mol. The van der Waals surface area contributed by atoms with Crippen molar-refractivity contribution < 1.29 is 4.92 Å². The smallest absolute Gasteiger partial charge is 0.265 e. The van der Waals surface area contributed by atoms with Crippen LogP contribution in [0.1, 0.15) is 0 Å². The summed E-state index contributed by atoms with van der Waals surface area (Å²) in [6, 6.07) is 5.09. The number of nitrogens with zero attached hydrogens (tertiary/aromatic N) is 4. The molecule has 3 aromatic heterocycles. The summed E-state index contributed by atoms with van der Waals surface area (Å²) >= 11 is 2.47. The first-order valence-electron chi connectivity index (χ1n) is 5.46. The molecule has 3 rings (SSSR count). The minimum Gasteiger partial charge on any atom is -0.265 e. The van der Waals surface area contributed by atoms with Gasteiger partial charge in [-0.1, -0.05) is 0 Å². The maximum Gasteiger partial charge on any atom is 0.294 e. The third-order valence-electron chi connectivity index (χ3n) is 2.41. The van der Waals surface area contributed by atoms with Gasteiger partial charge in [0.25, 0.3) is 5.69 Å². The SMILES string of the molecule is O=[N+]([O-])c1ccsc1Sc1n[nH]c(-c2ccncc2)n1. The second-order valence-corrected chi connectivity index (χ2v) is 5.81. The number of hydrogen-bond acceptors (Lipinski definition) is 7. The van der Waals surface area contributed by atoms with E-state index in [4.69, 9.17) is 0 Å². The maximum absolute atomic E-state index is 10.8. The summed E-state index contributed by atoms with van der Waals surface area (Å²) in [6.45, 7) is 0. The lowest BCUT2D eigenvalue weighted by Crippen LogP contribution is -1.86. The molecule has 3 aromatic rings. The summed E-state index contributed by atoms with van der Waals surface area (Å²) in [5.41, 5.74) is 0.940. The molecule has 0 atom stereocenters. The standard InChI is InChI=1S/C11H7N5O2S2/c17-16(18)8-3-6-19-10(8)20-11-13-9(14-15-11)7-1-4-12-5-2-7/h1-6H,(H,13,14,15). The first-order valence-corrected chi connectivity index (χ1v) is 7.16. The Labute approximate surface area is 121 Å². The zero-order valence-electron chi connectivity index (χ0n) is 9.89. The molecule has 0 saturated heterocycles. The fourth-order valence-corrected chi connectivity index (χ4v) is 3.32. The van der Waals surface area contributed by atoms with Crippen molar-refractivity contribution in [3.63, 3.8) is 0 Å². The van der Waals surface area contributed by atoms with Gasteiger partial charge in [-0.15, -0.1) is 16.4 Å². The number of H-pyrrole nitrogens is 1. The van der Waals surface area contributed by atoms with E-state index in [0.29, 0.717) is 15.2 Å². The van der Waals surface area contributed by atoms with E-state index in [-0.39, 0.29) is 5.69 Å². The van der Waals surface area contributed by atoms with Crippen molar-refractivity contribution in [3.05, 3.63) is 46.1 Å². The molecule has 0 saturated carbocycles. The van der Waals surface area contributed by atoms with Crippen LogP contribution in [-0.2, 0) is 0 Å². The highest BCUT2D eigenvalue weighted by Gasteiger charge is 2.18. The molecule has 100 valence electrons. The summed E-state index contributed by atoms with van der Waals surface area (Å²) in [6.07, 6.45) is 3.32. The second-order valence-electron chi connectivity index (χ2n) is 3.65. The van der Waals surface area contributed by atoms with Gasteiger partial charge >= 0.3 is 0 Å². The molecule has 0 unspecified atom stereocenters. The van der Waals surface area contributed by atoms with E-state index in [1.165, 1.54) is 29.2 Å². The lowest BCUT2D eigenvalue weighted by Gasteiger charge is -1.93. The maximum atomic E-state index is 10.8. The molecule has 0 aliphatic carbocycles. The van der Waals surface area contributed by atoms with Crippen LogP contribution in [0.3, 0.4) is 0 Å². The van der Waals surface area contributed by atoms with Crippen molar-refractivity contribution in [1.29, 1.82) is 0 Å². The summed E-state index contributed by atoms with van der Waals surface area (Å²) in [5.74, 6) is 0.606. The van der Waals surface area contributed by atoms with Gasteiger partial charge in [-0.3, -0.25) is 20.2 Å². The third kappa shape index (κ3) is 2.53. The van der Waals surface area contributed by atoms with Gasteiger partial charge < -0.3 is 0 Å². The van der Waals surface area contributed by atoms with Crippen LogP contribution in [-0.4, -0.2) is 25.1 Å². The molecule has 0 aliphatic heterocycles. The number of nitro groups is 1. The van der Waals surface area contributed by atoms with Crippen LogP contribution < -0.4 is 0 Å². The van der Waals surface area contributed by atoms with E-state index < -0.39 is 4.92 Å². The summed E-state index contributed by atoms with van der Waals surface area (Å²) in [4.78, 5) is 18.7. The first-order chi connectivity index (χ1) is 9.74. The average Bonchev–Trinajstić information content (AvgIpc) is 3.09. The van der Waals surface area contributed by atoms with Gasteiger partial charge in [-0.05, 0) is 29.3 Å². The van der Waals surface area contributed by atoms with Gasteiger partial charge in [0.05, 0.1) is 4.92 Å². The van der Waals surface area contributed by atoms with Gasteiger partial charge in [-0.25, -0.2) is 4.98 Å². The van der Waals surface area contributed by atoms with Crippen LogP contribution in [0.25, 0.3) is 11.4 Å². The summed E-state index contributed by atoms with van der Waals surface area (Å²) < 4.78 is 0.565. The van der Waals surface area contributed by atoms with E-state index in [2.05, 4.69) is 20.2 Å². The second kappa shape index (κ2) is 5.39. The Bertz CT molecular complexity index is 740. The van der Waals surface area contributed by atoms with E-state index in [9.17, 15) is 10.1 Å². The van der Waals surface area contributed by atoms with Gasteiger partial charge in [0.1, 0.15) is 4.21 Å². The van der Waals surface area contributed by atoms with Crippen molar-refractivity contribution in [3.8, 4) is 11.4 Å². The fraction of sp³-hybridized carbons (Fsp3) is 0. The van der Waals surface area contributed by atoms with Crippen molar-refractivity contribution in [2.24, 2.45) is 0 Å². The first kappa shape index (κ1) is 12.8. The zero-order chi connectivity index (χ0) is 13.9. The third-order valence-corrected chi connectivity index (χ3v) is 4.40. The quantitative estimate of drug-likeness (QED) is 0.588. The molecule has 0 spiro atoms. The highest BCUT2D eigenvalue weighted by Crippen LogP contribution is 2.37. The van der Waals surface area contributed by atoms with Crippen molar-refractivity contribution in [1.82, 2.24) is 20.2 Å². The Kier molecular flexibility index (Phi) is 3.44. The van der Waals surface area contributed by atoms with Gasteiger partial charge in [0, 0.05) is 24.0 Å². The van der Waals surface area contributed by atoms with Gasteiger partial charge in [0.2, 0.25) is 5.16 Å². The molecule has 0 aliphatic rings. The lowest BCUT2D eigenvalue weighted by molar-refractivity contribution is -0.387. The topological polar surface area (TPSA) is 97.6 Å². The Balaban J connectivity index is 1.84. The minimum atomic E-state index is -0.407. The number of aromatic nitrogens is 4. The molecule has 0 amide bonds. The molecule has 20 heavy (non-hydrogen) atoms. The Morgan fingerprint density at radius 2 is 2.10 bits per heavy atom. The number of pyridine rings is 1. The molecule has 3 heterocycles. The van der Waals surface area contributed by atoms with Crippen LogP contribution in [0.4, 0.5) is 5.69 Å². The molecule has 9 heteroatoms. The highest BCUT2D eigenvalue weighted by molar-refractivity contribution is 8.01. The molecular formula is C11H7N5O2S2. The molecule has 0 radical (unpaired) electrons. The van der Waals surface area contributed by atoms with E-state index in [1.54, 1.807) is 17.8 Å². The summed E-state index contributed by atoms with van der Waals surface area (Å²) in [7, 11) is 0. The van der Waals surface area contributed by atoms with Gasteiger partial charge in [-0.2, -0.15) is 0 Å². The predicted molar refractivity (Wildman–Crippen MR) is 74.7 cm³/mol. The molecule has 0 bridgehead atoms. The highest BCUT2D eigenvalue weighted by atomic mass is 32.2. The molecule has 0 fully saturated rings. The normalized spacial score (nSPS) is 10.6. The Morgan fingerprint density at radius 3 is 2.85 bits per heavy atom. The van der Waals surface area contributed by atoms with E-state index in [1.807, 2.05) is 12.1 Å². The van der Waals surface area contributed by atoms with E-state index >= 15 is 0 Å². The predicted octanol–water partition coefficient (Wildman–Crippen LogP) is 2.99. The van der Waals surface area contributed by atoms with E-state index in [0.717, 1.165) is 5.56 Å². The lowest BCUT2D eigenvalue weighted by atomic mass is 10.3. The fourth-order valence-electron chi connectivity index (χ4n) is 1.51.